The molecular weight excluding hydrogens is 473 g/mol. The van der Waals surface area contributed by atoms with Crippen LogP contribution in [0.1, 0.15) is 26.3 Å². The minimum atomic E-state index is -1.35. The van der Waals surface area contributed by atoms with Crippen LogP contribution in [0.5, 0.6) is 0 Å². The molecule has 3 aromatic rings. The van der Waals surface area contributed by atoms with Crippen LogP contribution in [0.3, 0.4) is 0 Å². The minimum Gasteiger partial charge on any atom is -0.454 e. The number of nitrogens with zero attached hydrogens (tertiary/aromatic N) is 2. The lowest BCUT2D eigenvalue weighted by molar-refractivity contribution is -0.387. The molecule has 3 aromatic carbocycles. The smallest absolute Gasteiger partial charge is 0.330 e. The highest BCUT2D eigenvalue weighted by molar-refractivity contribution is 6.22. The number of nitro groups is 1. The van der Waals surface area contributed by atoms with Crippen molar-refractivity contribution in [3.05, 3.63) is 105 Å². The van der Waals surface area contributed by atoms with E-state index >= 15 is 0 Å². The van der Waals surface area contributed by atoms with Crippen molar-refractivity contribution in [2.75, 3.05) is 11.9 Å². The number of carbonyl (C=O) groups excluding carboxylic acids is 4. The predicted molar refractivity (Wildman–Crippen MR) is 124 cm³/mol. The van der Waals surface area contributed by atoms with Gasteiger partial charge >= 0.3 is 11.7 Å². The van der Waals surface area contributed by atoms with Gasteiger partial charge in [-0.1, -0.05) is 42.5 Å². The summed E-state index contributed by atoms with van der Waals surface area (Å²) >= 11 is 0. The maximum atomic E-state index is 13.5. The fourth-order valence-electron chi connectivity index (χ4n) is 3.77. The average Bonchev–Trinajstić information content (AvgIpc) is 3.12. The van der Waals surface area contributed by atoms with Gasteiger partial charge in [-0.15, -0.1) is 0 Å². The quantitative estimate of drug-likeness (QED) is 0.221. The van der Waals surface area contributed by atoms with E-state index in [4.69, 9.17) is 4.74 Å². The Kier molecular flexibility index (Phi) is 6.81. The molecule has 1 aliphatic rings. The Morgan fingerprint density at radius 1 is 0.972 bits per heavy atom. The summed E-state index contributed by atoms with van der Waals surface area (Å²) in [5.41, 5.74) is 0.0516. The van der Waals surface area contributed by atoms with E-state index in [0.717, 1.165) is 23.1 Å². The van der Waals surface area contributed by atoms with Gasteiger partial charge in [-0.05, 0) is 29.8 Å². The molecule has 11 heteroatoms. The summed E-state index contributed by atoms with van der Waals surface area (Å²) < 4.78 is 18.6. The van der Waals surface area contributed by atoms with E-state index in [1.807, 2.05) is 0 Å². The molecule has 36 heavy (non-hydrogen) atoms. The number of esters is 1. The molecule has 1 atom stereocenters. The molecule has 0 radical (unpaired) electrons. The molecular formula is C25H18FN3O7. The minimum absolute atomic E-state index is 0.0447. The third kappa shape index (κ3) is 4.94. The lowest BCUT2D eigenvalue weighted by Gasteiger charge is -2.24. The second-order valence-corrected chi connectivity index (χ2v) is 7.81. The number of fused-ring (bicyclic) bond motifs is 1. The van der Waals surface area contributed by atoms with Gasteiger partial charge in [-0.2, -0.15) is 4.39 Å². The van der Waals surface area contributed by atoms with Crippen molar-refractivity contribution in [2.45, 2.75) is 12.5 Å². The van der Waals surface area contributed by atoms with Crippen LogP contribution in [0.25, 0.3) is 0 Å². The Bertz CT molecular complexity index is 1340. The molecule has 0 saturated heterocycles. The molecule has 1 N–H and O–H groups in total. The molecule has 0 bridgehead atoms. The predicted octanol–water partition coefficient (Wildman–Crippen LogP) is 3.12. The monoisotopic (exact) mass is 491 g/mol. The van der Waals surface area contributed by atoms with E-state index in [2.05, 4.69) is 5.32 Å². The fraction of sp³-hybridized carbons (Fsp3) is 0.120. The molecule has 0 aliphatic carbocycles. The number of benzene rings is 3. The molecule has 182 valence electrons. The van der Waals surface area contributed by atoms with Crippen molar-refractivity contribution in [1.82, 2.24) is 4.90 Å². The van der Waals surface area contributed by atoms with Crippen molar-refractivity contribution in [3.63, 3.8) is 0 Å². The highest BCUT2D eigenvalue weighted by Gasteiger charge is 2.43. The first kappa shape index (κ1) is 24.2. The highest BCUT2D eigenvalue weighted by Crippen LogP contribution is 2.27. The fourth-order valence-corrected chi connectivity index (χ4v) is 3.77. The largest absolute Gasteiger partial charge is 0.454 e. The molecule has 1 unspecified atom stereocenters. The lowest BCUT2D eigenvalue weighted by atomic mass is 10.0. The Labute approximate surface area is 203 Å². The number of amides is 3. The Hall–Kier alpha value is -4.93. The third-order valence-electron chi connectivity index (χ3n) is 5.45. The van der Waals surface area contributed by atoms with Gasteiger partial charge in [0.1, 0.15) is 6.04 Å². The SMILES string of the molecule is O=C(COC(=O)C(Cc1ccccc1)N1C(=O)c2ccccc2C1=O)Nc1ccc(F)c([N+](=O)[O-])c1. The standard InChI is InChI=1S/C25H18FN3O7/c26-19-11-10-16(13-20(19)29(34)35)27-22(30)14-36-25(33)21(12-15-6-2-1-3-7-15)28-23(31)17-8-4-5-9-18(17)24(28)32/h1-11,13,21H,12,14H2,(H,27,30). The summed E-state index contributed by atoms with van der Waals surface area (Å²) in [5.74, 6) is -4.24. The third-order valence-corrected chi connectivity index (χ3v) is 5.45. The van der Waals surface area contributed by atoms with Crippen molar-refractivity contribution in [1.29, 1.82) is 0 Å². The number of halogens is 1. The van der Waals surface area contributed by atoms with Crippen molar-refractivity contribution < 1.29 is 33.2 Å². The zero-order valence-corrected chi connectivity index (χ0v) is 18.5. The molecule has 3 amide bonds. The normalized spacial score (nSPS) is 13.2. The number of hydrogen-bond donors (Lipinski definition) is 1. The van der Waals surface area contributed by atoms with E-state index in [1.165, 1.54) is 12.1 Å². The van der Waals surface area contributed by atoms with Gasteiger partial charge in [0.25, 0.3) is 17.7 Å². The summed E-state index contributed by atoms with van der Waals surface area (Å²) in [6.07, 6.45) is -0.0447. The number of carbonyl (C=O) groups is 4. The lowest BCUT2D eigenvalue weighted by Crippen LogP contribution is -2.47. The maximum absolute atomic E-state index is 13.5. The van der Waals surface area contributed by atoms with Crippen molar-refractivity contribution in [3.8, 4) is 0 Å². The molecule has 4 rings (SSSR count). The number of hydrogen-bond acceptors (Lipinski definition) is 7. The summed E-state index contributed by atoms with van der Waals surface area (Å²) in [6.45, 7) is -0.807. The first-order valence-electron chi connectivity index (χ1n) is 10.7. The number of anilines is 1. The summed E-state index contributed by atoms with van der Waals surface area (Å²) in [7, 11) is 0. The molecule has 0 fully saturated rings. The zero-order chi connectivity index (χ0) is 25.8. The molecule has 1 heterocycles. The first-order chi connectivity index (χ1) is 17.3. The van der Waals surface area contributed by atoms with E-state index in [9.17, 15) is 33.7 Å². The van der Waals surface area contributed by atoms with Crippen LogP contribution in [0.2, 0.25) is 0 Å². The van der Waals surface area contributed by atoms with Crippen LogP contribution in [0.15, 0.2) is 72.8 Å². The summed E-state index contributed by atoms with van der Waals surface area (Å²) in [6, 6.07) is 16.2. The van der Waals surface area contributed by atoms with Gasteiger partial charge < -0.3 is 10.1 Å². The highest BCUT2D eigenvalue weighted by atomic mass is 19.1. The molecule has 10 nitrogen and oxygen atoms in total. The maximum Gasteiger partial charge on any atom is 0.330 e. The van der Waals surface area contributed by atoms with Crippen molar-refractivity contribution >= 4 is 35.1 Å². The van der Waals surface area contributed by atoms with Crippen LogP contribution in [-0.4, -0.2) is 46.2 Å². The van der Waals surface area contributed by atoms with Crippen LogP contribution in [-0.2, 0) is 20.7 Å². The van der Waals surface area contributed by atoms with Crippen LogP contribution in [0.4, 0.5) is 15.8 Å². The second kappa shape index (κ2) is 10.1. The van der Waals surface area contributed by atoms with E-state index < -0.39 is 52.8 Å². The van der Waals surface area contributed by atoms with Gasteiger partial charge in [0.2, 0.25) is 5.82 Å². The summed E-state index contributed by atoms with van der Waals surface area (Å²) in [4.78, 5) is 62.0. The van der Waals surface area contributed by atoms with Crippen molar-refractivity contribution in [2.24, 2.45) is 0 Å². The van der Waals surface area contributed by atoms with Gasteiger partial charge in [-0.3, -0.25) is 29.4 Å². The number of ether oxygens (including phenoxy) is 1. The summed E-state index contributed by atoms with van der Waals surface area (Å²) in [5, 5.41) is 13.2. The molecule has 1 aliphatic heterocycles. The van der Waals surface area contributed by atoms with Crippen LogP contribution >= 0.6 is 0 Å². The average molecular weight is 491 g/mol. The Balaban J connectivity index is 1.50. The first-order valence-corrected chi connectivity index (χ1v) is 10.7. The zero-order valence-electron chi connectivity index (χ0n) is 18.5. The van der Waals surface area contributed by atoms with E-state index in [1.54, 1.807) is 42.5 Å². The molecule has 0 saturated carbocycles. The number of rotatable bonds is 8. The topological polar surface area (TPSA) is 136 Å². The van der Waals surface area contributed by atoms with Gasteiger partial charge in [-0.25, -0.2) is 4.79 Å². The number of imide groups is 1. The van der Waals surface area contributed by atoms with E-state index in [-0.39, 0.29) is 23.2 Å². The second-order valence-electron chi connectivity index (χ2n) is 7.81. The van der Waals surface area contributed by atoms with Crippen LogP contribution < -0.4 is 5.32 Å². The van der Waals surface area contributed by atoms with Crippen LogP contribution in [0, 0.1) is 15.9 Å². The Morgan fingerprint density at radius 2 is 1.58 bits per heavy atom. The molecule has 0 spiro atoms. The van der Waals surface area contributed by atoms with Gasteiger partial charge in [0.15, 0.2) is 6.61 Å². The van der Waals surface area contributed by atoms with Gasteiger partial charge in [0.05, 0.1) is 16.1 Å². The Morgan fingerprint density at radius 3 is 2.19 bits per heavy atom. The molecule has 0 aromatic heterocycles. The number of nitrogens with one attached hydrogen (secondary N) is 1. The number of nitro benzene ring substituents is 1. The van der Waals surface area contributed by atoms with E-state index in [0.29, 0.717) is 5.56 Å². The van der Waals surface area contributed by atoms with Gasteiger partial charge in [0, 0.05) is 18.2 Å².